The Morgan fingerprint density at radius 1 is 1.09 bits per heavy atom. The van der Waals surface area contributed by atoms with E-state index in [1.807, 2.05) is 48.7 Å². The number of ketones is 1. The van der Waals surface area contributed by atoms with Gasteiger partial charge in [0.15, 0.2) is 22.9 Å². The number of ether oxygens (including phenoxy) is 2. The summed E-state index contributed by atoms with van der Waals surface area (Å²) in [5.41, 5.74) is 6.04. The van der Waals surface area contributed by atoms with Gasteiger partial charge in [0.1, 0.15) is 0 Å². The maximum Gasteiger partial charge on any atom is 0.166 e. The highest BCUT2D eigenvalue weighted by atomic mass is 35.5. The summed E-state index contributed by atoms with van der Waals surface area (Å²) in [4.78, 5) is 18.0. The Morgan fingerprint density at radius 3 is 2.64 bits per heavy atom. The summed E-state index contributed by atoms with van der Waals surface area (Å²) >= 11 is 6.20. The van der Waals surface area contributed by atoms with E-state index >= 15 is 0 Å². The minimum absolute atomic E-state index is 0.0525. The first-order valence-corrected chi connectivity index (χ1v) is 11.3. The molecule has 5 rings (SSSR count). The van der Waals surface area contributed by atoms with Crippen LogP contribution in [0.5, 0.6) is 11.5 Å². The van der Waals surface area contributed by atoms with E-state index in [0.29, 0.717) is 34.9 Å². The Bertz CT molecular complexity index is 1380. The van der Waals surface area contributed by atoms with E-state index < -0.39 is 0 Å². The smallest absolute Gasteiger partial charge is 0.166 e. The molecule has 0 amide bonds. The van der Waals surface area contributed by atoms with Gasteiger partial charge >= 0.3 is 0 Å². The first kappa shape index (κ1) is 21.5. The first-order chi connectivity index (χ1) is 16.0. The van der Waals surface area contributed by atoms with Crippen molar-refractivity contribution in [3.8, 4) is 22.6 Å². The Kier molecular flexibility index (Phi) is 5.54. The van der Waals surface area contributed by atoms with E-state index in [9.17, 15) is 4.79 Å². The van der Waals surface area contributed by atoms with Crippen molar-refractivity contribution in [2.24, 2.45) is 0 Å². The molecule has 0 N–H and O–H groups in total. The molecule has 0 spiro atoms. The number of aromatic nitrogens is 3. The van der Waals surface area contributed by atoms with E-state index in [2.05, 4.69) is 6.92 Å². The molecule has 33 heavy (non-hydrogen) atoms. The molecule has 0 aliphatic heterocycles. The summed E-state index contributed by atoms with van der Waals surface area (Å²) in [7, 11) is 3.24. The molecular weight excluding hydrogens is 438 g/mol. The number of carbonyl (C=O) groups is 1. The van der Waals surface area contributed by atoms with Crippen LogP contribution >= 0.6 is 11.6 Å². The minimum atomic E-state index is 0.0525. The van der Waals surface area contributed by atoms with Crippen LogP contribution in [0, 0.1) is 0 Å². The van der Waals surface area contributed by atoms with Gasteiger partial charge in [-0.25, -0.2) is 9.50 Å². The molecule has 0 fully saturated rings. The molecule has 2 aromatic carbocycles. The van der Waals surface area contributed by atoms with E-state index in [0.717, 1.165) is 40.1 Å². The zero-order valence-corrected chi connectivity index (χ0v) is 19.5. The zero-order valence-electron chi connectivity index (χ0n) is 18.8. The van der Waals surface area contributed by atoms with Crippen LogP contribution in [0.4, 0.5) is 0 Å². The topological polar surface area (TPSA) is 65.7 Å². The lowest BCUT2D eigenvalue weighted by atomic mass is 9.82. The number of aryl methyl sites for hydroxylation is 1. The second kappa shape index (κ2) is 8.52. The summed E-state index contributed by atoms with van der Waals surface area (Å²) in [6.07, 6.45) is 3.68. The van der Waals surface area contributed by atoms with E-state index in [4.69, 9.17) is 31.2 Å². The predicted molar refractivity (Wildman–Crippen MR) is 128 cm³/mol. The predicted octanol–water partition coefficient (Wildman–Crippen LogP) is 5.54. The SMILES string of the molecule is CCc1nn2cc3c(nc2c1-c1ccc(OC)c(OC)c1)CC(c1cccc(Cl)c1)CC3=O. The molecule has 6 nitrogen and oxygen atoms in total. The van der Waals surface area contributed by atoms with Crippen molar-refractivity contribution in [3.63, 3.8) is 0 Å². The van der Waals surface area contributed by atoms with Gasteiger partial charge in [-0.2, -0.15) is 5.10 Å². The third kappa shape index (κ3) is 3.74. The van der Waals surface area contributed by atoms with Crippen molar-refractivity contribution in [1.82, 2.24) is 14.6 Å². The lowest BCUT2D eigenvalue weighted by Gasteiger charge is -2.23. The van der Waals surface area contributed by atoms with Crippen LogP contribution in [-0.2, 0) is 12.8 Å². The van der Waals surface area contributed by atoms with Gasteiger partial charge in [0.05, 0.1) is 31.2 Å². The number of halogens is 1. The second-order valence-corrected chi connectivity index (χ2v) is 8.63. The van der Waals surface area contributed by atoms with Gasteiger partial charge in [-0.15, -0.1) is 0 Å². The van der Waals surface area contributed by atoms with Gasteiger partial charge in [-0.3, -0.25) is 4.79 Å². The lowest BCUT2D eigenvalue weighted by Crippen LogP contribution is -2.21. The number of nitrogens with zero attached hydrogens (tertiary/aromatic N) is 3. The maximum absolute atomic E-state index is 13.0. The average molecular weight is 462 g/mol. The molecule has 1 atom stereocenters. The van der Waals surface area contributed by atoms with Crippen molar-refractivity contribution in [2.45, 2.75) is 32.1 Å². The number of fused-ring (bicyclic) bond motifs is 2. The summed E-state index contributed by atoms with van der Waals surface area (Å²) in [6.45, 7) is 2.06. The molecule has 1 unspecified atom stereocenters. The fourth-order valence-corrected chi connectivity index (χ4v) is 4.81. The van der Waals surface area contributed by atoms with E-state index in [1.165, 1.54) is 0 Å². The summed E-state index contributed by atoms with van der Waals surface area (Å²) in [5, 5.41) is 5.42. The lowest BCUT2D eigenvalue weighted by molar-refractivity contribution is 0.0962. The molecule has 4 aromatic rings. The monoisotopic (exact) mass is 461 g/mol. The number of benzene rings is 2. The zero-order chi connectivity index (χ0) is 23.1. The van der Waals surface area contributed by atoms with Crippen molar-refractivity contribution in [1.29, 1.82) is 0 Å². The van der Waals surface area contributed by atoms with Crippen molar-refractivity contribution < 1.29 is 14.3 Å². The summed E-state index contributed by atoms with van der Waals surface area (Å²) in [6, 6.07) is 13.5. The molecule has 7 heteroatoms. The first-order valence-electron chi connectivity index (χ1n) is 10.9. The number of hydrogen-bond donors (Lipinski definition) is 0. The van der Waals surface area contributed by atoms with Gasteiger partial charge in [0.2, 0.25) is 0 Å². The quantitative estimate of drug-likeness (QED) is 0.390. The Balaban J connectivity index is 1.64. The summed E-state index contributed by atoms with van der Waals surface area (Å²) < 4.78 is 12.6. The molecule has 2 aromatic heterocycles. The van der Waals surface area contributed by atoms with Crippen molar-refractivity contribution in [3.05, 3.63) is 76.2 Å². The number of methoxy groups -OCH3 is 2. The Hall–Kier alpha value is -3.38. The third-order valence-corrected chi connectivity index (χ3v) is 6.50. The fraction of sp³-hybridized carbons (Fsp3) is 0.269. The number of rotatable bonds is 5. The van der Waals surface area contributed by atoms with Crippen molar-refractivity contribution in [2.75, 3.05) is 14.2 Å². The van der Waals surface area contributed by atoms with Gasteiger partial charge in [-0.1, -0.05) is 36.7 Å². The minimum Gasteiger partial charge on any atom is -0.493 e. The normalized spacial score (nSPS) is 15.5. The van der Waals surface area contributed by atoms with Gasteiger partial charge in [0.25, 0.3) is 0 Å². The molecule has 0 saturated heterocycles. The summed E-state index contributed by atoms with van der Waals surface area (Å²) in [5.74, 6) is 1.44. The molecular formula is C26H24ClN3O3. The van der Waals surface area contributed by atoms with Crippen LogP contribution in [0.3, 0.4) is 0 Å². The number of Topliss-reactive ketones (excluding diaryl/α,β-unsaturated/α-hetero) is 1. The molecule has 168 valence electrons. The number of carbonyl (C=O) groups excluding carboxylic acids is 1. The van der Waals surface area contributed by atoms with Gasteiger partial charge in [0, 0.05) is 23.2 Å². The van der Waals surface area contributed by atoms with E-state index in [-0.39, 0.29) is 11.7 Å². The van der Waals surface area contributed by atoms with Crippen LogP contribution in [0.2, 0.25) is 5.02 Å². The van der Waals surface area contributed by atoms with Crippen LogP contribution in [0.25, 0.3) is 16.8 Å². The van der Waals surface area contributed by atoms with Crippen LogP contribution < -0.4 is 9.47 Å². The largest absolute Gasteiger partial charge is 0.493 e. The standard InChI is InChI=1S/C26H24ClN3O3/c1-4-20-25(16-8-9-23(32-2)24(13-16)33-3)26-28-21-11-17(15-6-5-7-18(27)10-15)12-22(31)19(21)14-30(26)29-20/h5-10,13-14,17H,4,11-12H2,1-3H3. The molecule has 0 bridgehead atoms. The van der Waals surface area contributed by atoms with Crippen molar-refractivity contribution >= 4 is 23.0 Å². The highest BCUT2D eigenvalue weighted by Gasteiger charge is 2.29. The van der Waals surface area contributed by atoms with Crippen LogP contribution in [0.15, 0.2) is 48.7 Å². The third-order valence-electron chi connectivity index (χ3n) is 6.26. The van der Waals surface area contributed by atoms with Gasteiger partial charge in [-0.05, 0) is 54.2 Å². The highest BCUT2D eigenvalue weighted by molar-refractivity contribution is 6.30. The van der Waals surface area contributed by atoms with Gasteiger partial charge < -0.3 is 9.47 Å². The molecule has 0 radical (unpaired) electrons. The molecule has 0 saturated carbocycles. The Morgan fingerprint density at radius 2 is 1.91 bits per heavy atom. The average Bonchev–Trinajstić information content (AvgIpc) is 3.20. The maximum atomic E-state index is 13.0. The molecule has 2 heterocycles. The molecule has 1 aliphatic rings. The highest BCUT2D eigenvalue weighted by Crippen LogP contribution is 2.38. The van der Waals surface area contributed by atoms with Crippen LogP contribution in [-0.4, -0.2) is 34.6 Å². The van der Waals surface area contributed by atoms with E-state index in [1.54, 1.807) is 18.7 Å². The van der Waals surface area contributed by atoms with Crippen LogP contribution in [0.1, 0.15) is 46.6 Å². The Labute approximate surface area is 197 Å². The molecule has 1 aliphatic carbocycles. The fourth-order valence-electron chi connectivity index (χ4n) is 4.61. The second-order valence-electron chi connectivity index (χ2n) is 8.20. The number of hydrogen-bond acceptors (Lipinski definition) is 5.